The first-order valence-corrected chi connectivity index (χ1v) is 11.0. The van der Waals surface area contributed by atoms with E-state index in [1.165, 1.54) is 35.2 Å². The molecule has 0 aliphatic carbocycles. The number of thioether (sulfide) groups is 1. The highest BCUT2D eigenvalue weighted by atomic mass is 35.5. The van der Waals surface area contributed by atoms with Crippen molar-refractivity contribution in [2.75, 3.05) is 31.1 Å². The van der Waals surface area contributed by atoms with Gasteiger partial charge >= 0.3 is 0 Å². The van der Waals surface area contributed by atoms with Gasteiger partial charge in [0.15, 0.2) is 6.61 Å². The van der Waals surface area contributed by atoms with Crippen LogP contribution in [-0.4, -0.2) is 54.1 Å². The number of anilines is 1. The molecule has 0 atom stereocenters. The molecule has 0 unspecified atom stereocenters. The average molecular weight is 490 g/mol. The normalized spacial score (nSPS) is 16.8. The number of carbonyl (C=O) groups is 4. The summed E-state index contributed by atoms with van der Waals surface area (Å²) in [5, 5.41) is 2.47. The lowest BCUT2D eigenvalue weighted by Gasteiger charge is -2.29. The van der Waals surface area contributed by atoms with Crippen molar-refractivity contribution in [1.82, 2.24) is 10.2 Å². The largest absolute Gasteiger partial charge is 0.482 e. The van der Waals surface area contributed by atoms with Crippen LogP contribution in [0.1, 0.15) is 5.56 Å². The number of carbonyl (C=O) groups excluding carboxylic acids is 4. The molecule has 4 rings (SSSR count). The van der Waals surface area contributed by atoms with Crippen LogP contribution in [0.4, 0.5) is 14.9 Å². The molecule has 1 N–H and O–H groups in total. The zero-order valence-corrected chi connectivity index (χ0v) is 18.6. The number of halogens is 2. The fourth-order valence-electron chi connectivity index (χ4n) is 3.28. The minimum atomic E-state index is -0.561. The third kappa shape index (κ3) is 5.01. The summed E-state index contributed by atoms with van der Waals surface area (Å²) in [5.74, 6) is -1.51. The zero-order valence-electron chi connectivity index (χ0n) is 17.0. The summed E-state index contributed by atoms with van der Waals surface area (Å²) in [5.41, 5.74) is 0.588. The Hall–Kier alpha value is -3.37. The Morgan fingerprint density at radius 2 is 1.97 bits per heavy atom. The quantitative estimate of drug-likeness (QED) is 0.626. The third-order valence-corrected chi connectivity index (χ3v) is 6.03. The Morgan fingerprint density at radius 3 is 2.76 bits per heavy atom. The predicted octanol–water partition coefficient (Wildman–Crippen LogP) is 3.06. The average Bonchev–Trinajstić information content (AvgIpc) is 3.05. The second kappa shape index (κ2) is 9.63. The number of ether oxygens (including phenoxy) is 1. The second-order valence-corrected chi connectivity index (χ2v) is 8.52. The highest BCUT2D eigenvalue weighted by molar-refractivity contribution is 8.18. The predicted molar refractivity (Wildman–Crippen MR) is 121 cm³/mol. The van der Waals surface area contributed by atoms with Gasteiger partial charge in [-0.3, -0.25) is 29.0 Å². The molecule has 0 bridgehead atoms. The molecule has 0 spiro atoms. The molecule has 0 saturated carbocycles. The van der Waals surface area contributed by atoms with Crippen molar-refractivity contribution in [2.24, 2.45) is 0 Å². The minimum Gasteiger partial charge on any atom is -0.482 e. The van der Waals surface area contributed by atoms with Crippen molar-refractivity contribution >= 4 is 58.1 Å². The van der Waals surface area contributed by atoms with Crippen molar-refractivity contribution < 1.29 is 28.3 Å². The maximum Gasteiger partial charge on any atom is 0.293 e. The van der Waals surface area contributed by atoms with Crippen LogP contribution in [0.2, 0.25) is 5.02 Å². The third-order valence-electron chi connectivity index (χ3n) is 4.89. The maximum atomic E-state index is 13.8. The van der Waals surface area contributed by atoms with Crippen LogP contribution in [-0.2, 0) is 14.4 Å². The van der Waals surface area contributed by atoms with Gasteiger partial charge in [0.1, 0.15) is 18.1 Å². The summed E-state index contributed by atoms with van der Waals surface area (Å²) < 4.78 is 19.2. The Kier molecular flexibility index (Phi) is 6.66. The topological polar surface area (TPSA) is 96.0 Å². The standard InChI is InChI=1S/C22H17ClFN3O5S/c23-14-5-6-17-16(10-14)27(20(29)12-32-17)11-19(28)25-7-8-26-21(30)18(33-22(26)31)9-13-3-1-2-4-15(13)24/h1-6,9-10H,7-8,11-12H2,(H,25,28)/b18-9-. The van der Waals surface area contributed by atoms with Crippen LogP contribution in [0.15, 0.2) is 47.4 Å². The molecule has 1 fully saturated rings. The molecule has 8 nitrogen and oxygen atoms in total. The lowest BCUT2D eigenvalue weighted by molar-refractivity contribution is -0.125. The number of hydrogen-bond acceptors (Lipinski definition) is 6. The fraction of sp³-hybridized carbons (Fsp3) is 0.182. The molecule has 4 amide bonds. The molecule has 0 radical (unpaired) electrons. The number of nitrogens with zero attached hydrogens (tertiary/aromatic N) is 2. The van der Waals surface area contributed by atoms with Crippen LogP contribution in [0.25, 0.3) is 6.08 Å². The molecule has 11 heteroatoms. The molecule has 0 aromatic heterocycles. The molecule has 2 aromatic rings. The van der Waals surface area contributed by atoms with Crippen molar-refractivity contribution in [3.05, 3.63) is 63.8 Å². The van der Waals surface area contributed by atoms with Gasteiger partial charge < -0.3 is 10.1 Å². The molecule has 1 saturated heterocycles. The van der Waals surface area contributed by atoms with Gasteiger partial charge in [0.05, 0.1) is 10.6 Å². The van der Waals surface area contributed by atoms with Gasteiger partial charge in [0.25, 0.3) is 17.1 Å². The number of hydrogen-bond donors (Lipinski definition) is 1. The minimum absolute atomic E-state index is 0.00914. The lowest BCUT2D eigenvalue weighted by Crippen LogP contribution is -2.46. The summed E-state index contributed by atoms with van der Waals surface area (Å²) in [7, 11) is 0. The summed E-state index contributed by atoms with van der Waals surface area (Å²) >= 11 is 6.70. The summed E-state index contributed by atoms with van der Waals surface area (Å²) in [4.78, 5) is 51.7. The van der Waals surface area contributed by atoms with Gasteiger partial charge in [0, 0.05) is 23.7 Å². The number of amides is 4. The molecule has 2 aromatic carbocycles. The highest BCUT2D eigenvalue weighted by Crippen LogP contribution is 2.34. The van der Waals surface area contributed by atoms with E-state index in [-0.39, 0.29) is 36.7 Å². The van der Waals surface area contributed by atoms with Crippen molar-refractivity contribution in [1.29, 1.82) is 0 Å². The van der Waals surface area contributed by atoms with Crippen LogP contribution < -0.4 is 15.0 Å². The monoisotopic (exact) mass is 489 g/mol. The fourth-order valence-corrected chi connectivity index (χ4v) is 4.30. The number of rotatable bonds is 6. The Morgan fingerprint density at radius 1 is 1.18 bits per heavy atom. The van der Waals surface area contributed by atoms with E-state index in [1.54, 1.807) is 18.2 Å². The molecule has 2 aliphatic rings. The number of fused-ring (bicyclic) bond motifs is 1. The van der Waals surface area contributed by atoms with Gasteiger partial charge in [-0.25, -0.2) is 4.39 Å². The Labute approximate surface area is 197 Å². The summed E-state index contributed by atoms with van der Waals surface area (Å²) in [6.45, 7) is -0.549. The first-order chi connectivity index (χ1) is 15.8. The van der Waals surface area contributed by atoms with E-state index in [2.05, 4.69) is 5.32 Å². The SMILES string of the molecule is O=C(CN1C(=O)COc2ccc(Cl)cc21)NCCN1C(=O)S/C(=C\c2ccccc2F)C1=O. The van der Waals surface area contributed by atoms with Crippen molar-refractivity contribution in [3.8, 4) is 5.75 Å². The van der Waals surface area contributed by atoms with Gasteiger partial charge in [-0.1, -0.05) is 29.8 Å². The Bertz CT molecular complexity index is 1190. The molecule has 2 heterocycles. The second-order valence-electron chi connectivity index (χ2n) is 7.09. The van der Waals surface area contributed by atoms with E-state index >= 15 is 0 Å². The first-order valence-electron chi connectivity index (χ1n) is 9.83. The van der Waals surface area contributed by atoms with E-state index in [4.69, 9.17) is 16.3 Å². The van der Waals surface area contributed by atoms with Crippen molar-refractivity contribution in [3.63, 3.8) is 0 Å². The van der Waals surface area contributed by atoms with Gasteiger partial charge in [-0.15, -0.1) is 0 Å². The van der Waals surface area contributed by atoms with Gasteiger partial charge in [-0.2, -0.15) is 0 Å². The molecule has 2 aliphatic heterocycles. The van der Waals surface area contributed by atoms with E-state index in [0.29, 0.717) is 28.2 Å². The van der Waals surface area contributed by atoms with Gasteiger partial charge in [-0.05, 0) is 42.1 Å². The van der Waals surface area contributed by atoms with Crippen molar-refractivity contribution in [2.45, 2.75) is 0 Å². The Balaban J connectivity index is 1.34. The molecular weight excluding hydrogens is 473 g/mol. The summed E-state index contributed by atoms with van der Waals surface area (Å²) in [6, 6.07) is 10.7. The van der Waals surface area contributed by atoms with E-state index in [1.807, 2.05) is 0 Å². The maximum absolute atomic E-state index is 13.8. The van der Waals surface area contributed by atoms with Crippen LogP contribution in [0, 0.1) is 5.82 Å². The molecule has 170 valence electrons. The molecule has 33 heavy (non-hydrogen) atoms. The molecular formula is C22H17ClFN3O5S. The van der Waals surface area contributed by atoms with E-state index in [0.717, 1.165) is 4.90 Å². The van der Waals surface area contributed by atoms with Crippen LogP contribution >= 0.6 is 23.4 Å². The summed E-state index contributed by atoms with van der Waals surface area (Å²) in [6.07, 6.45) is 1.32. The number of nitrogens with one attached hydrogen (secondary N) is 1. The number of benzene rings is 2. The number of imide groups is 1. The van der Waals surface area contributed by atoms with E-state index < -0.39 is 28.8 Å². The zero-order chi connectivity index (χ0) is 23.5. The highest BCUT2D eigenvalue weighted by Gasteiger charge is 2.35. The van der Waals surface area contributed by atoms with E-state index in [9.17, 15) is 23.6 Å². The van der Waals surface area contributed by atoms with Gasteiger partial charge in [0.2, 0.25) is 5.91 Å². The van der Waals surface area contributed by atoms with Crippen LogP contribution in [0.5, 0.6) is 5.75 Å². The first kappa shape index (κ1) is 22.8. The lowest BCUT2D eigenvalue weighted by atomic mass is 10.2. The smallest absolute Gasteiger partial charge is 0.293 e. The van der Waals surface area contributed by atoms with Crippen LogP contribution in [0.3, 0.4) is 0 Å².